The Bertz CT molecular complexity index is 1470. The molecule has 1 heterocycles. The zero-order valence-corrected chi connectivity index (χ0v) is 17.5. The third-order valence-electron chi connectivity index (χ3n) is 5.10. The first kappa shape index (κ1) is 20.7. The summed E-state index contributed by atoms with van der Waals surface area (Å²) in [7, 11) is 0. The number of aromatic nitrogens is 2. The van der Waals surface area contributed by atoms with Gasteiger partial charge in [-0.3, -0.25) is 9.59 Å². The normalized spacial score (nSPS) is 10.9. The number of hydrogen-bond acceptors (Lipinski definition) is 5. The zero-order valence-electron chi connectivity index (χ0n) is 17.5. The fraction of sp³-hybridized carbons (Fsp3) is 0.0800. The van der Waals surface area contributed by atoms with E-state index in [1.54, 1.807) is 24.4 Å². The lowest BCUT2D eigenvalue weighted by Gasteiger charge is -2.11. The summed E-state index contributed by atoms with van der Waals surface area (Å²) in [5.74, 6) is -0.614. The van der Waals surface area contributed by atoms with Crippen LogP contribution in [0.2, 0.25) is 0 Å². The van der Waals surface area contributed by atoms with Gasteiger partial charge >= 0.3 is 0 Å². The van der Waals surface area contributed by atoms with Crippen LogP contribution in [-0.4, -0.2) is 21.9 Å². The van der Waals surface area contributed by atoms with Gasteiger partial charge in [0.15, 0.2) is 5.69 Å². The molecule has 0 saturated carbocycles. The molecule has 7 nitrogen and oxygen atoms in total. The average Bonchev–Trinajstić information content (AvgIpc) is 2.79. The highest BCUT2D eigenvalue weighted by molar-refractivity contribution is 6.00. The first-order valence-electron chi connectivity index (χ1n) is 9.92. The predicted octanol–water partition coefficient (Wildman–Crippen LogP) is 3.64. The van der Waals surface area contributed by atoms with Crippen molar-refractivity contribution in [3.63, 3.8) is 0 Å². The molecular weight excluding hydrogens is 402 g/mol. The molecular formula is C25H19N5O2. The molecule has 7 heteroatoms. The lowest BCUT2D eigenvalue weighted by atomic mass is 10.1. The summed E-state index contributed by atoms with van der Waals surface area (Å²) in [5, 5.41) is 19.9. The topological polar surface area (TPSA) is 100 Å². The second-order valence-corrected chi connectivity index (χ2v) is 7.28. The molecule has 0 unspecified atom stereocenters. The summed E-state index contributed by atoms with van der Waals surface area (Å²) in [6.07, 6.45) is 1.55. The summed E-state index contributed by atoms with van der Waals surface area (Å²) >= 11 is 0. The van der Waals surface area contributed by atoms with Gasteiger partial charge in [-0.05, 0) is 42.3 Å². The molecule has 0 aliphatic rings. The van der Waals surface area contributed by atoms with Crippen LogP contribution >= 0.6 is 0 Å². The SMILES string of the molecule is Cc1cccc(-n2nc(C(=O)N/N=C/c3cccc4ccccc34)c(C)c(C#N)c2=O)c1. The van der Waals surface area contributed by atoms with E-state index in [-0.39, 0.29) is 16.8 Å². The number of hydrazone groups is 1. The van der Waals surface area contributed by atoms with Gasteiger partial charge in [-0.25, -0.2) is 5.43 Å². The van der Waals surface area contributed by atoms with Crippen LogP contribution in [0, 0.1) is 25.2 Å². The molecule has 0 aliphatic heterocycles. The first-order chi connectivity index (χ1) is 15.5. The van der Waals surface area contributed by atoms with E-state index in [1.165, 1.54) is 6.92 Å². The number of benzene rings is 3. The highest BCUT2D eigenvalue weighted by Gasteiger charge is 2.20. The average molecular weight is 421 g/mol. The Balaban J connectivity index is 1.69. The van der Waals surface area contributed by atoms with Crippen LogP contribution in [0.5, 0.6) is 0 Å². The Morgan fingerprint density at radius 2 is 1.84 bits per heavy atom. The minimum Gasteiger partial charge on any atom is -0.266 e. The fourth-order valence-corrected chi connectivity index (χ4v) is 3.46. The molecule has 1 amide bonds. The zero-order chi connectivity index (χ0) is 22.7. The van der Waals surface area contributed by atoms with E-state index in [1.807, 2.05) is 61.5 Å². The molecule has 0 spiro atoms. The number of carbonyl (C=O) groups is 1. The Hall–Kier alpha value is -4.57. The fourth-order valence-electron chi connectivity index (χ4n) is 3.46. The van der Waals surface area contributed by atoms with E-state index in [0.717, 1.165) is 26.6 Å². The van der Waals surface area contributed by atoms with Crippen LogP contribution in [0.1, 0.15) is 32.7 Å². The number of hydrogen-bond donors (Lipinski definition) is 1. The molecule has 0 fully saturated rings. The molecule has 3 aromatic carbocycles. The molecule has 1 N–H and O–H groups in total. The lowest BCUT2D eigenvalue weighted by Crippen LogP contribution is -2.31. The van der Waals surface area contributed by atoms with Crippen LogP contribution in [0.4, 0.5) is 0 Å². The smallest absolute Gasteiger partial charge is 0.266 e. The summed E-state index contributed by atoms with van der Waals surface area (Å²) < 4.78 is 1.07. The van der Waals surface area contributed by atoms with Gasteiger partial charge in [0.05, 0.1) is 11.9 Å². The molecule has 0 radical (unpaired) electrons. The maximum Gasteiger partial charge on any atom is 0.292 e. The molecule has 0 atom stereocenters. The largest absolute Gasteiger partial charge is 0.292 e. The highest BCUT2D eigenvalue weighted by atomic mass is 16.2. The van der Waals surface area contributed by atoms with Gasteiger partial charge in [0, 0.05) is 11.1 Å². The molecule has 0 bridgehead atoms. The number of nitrogens with zero attached hydrogens (tertiary/aromatic N) is 4. The molecule has 0 saturated heterocycles. The second kappa shape index (κ2) is 8.66. The summed E-state index contributed by atoms with van der Waals surface area (Å²) in [4.78, 5) is 25.6. The van der Waals surface area contributed by atoms with Gasteiger partial charge in [0.2, 0.25) is 0 Å². The van der Waals surface area contributed by atoms with Crippen molar-refractivity contribution in [2.75, 3.05) is 0 Å². The lowest BCUT2D eigenvalue weighted by molar-refractivity contribution is 0.0947. The first-order valence-corrected chi connectivity index (χ1v) is 9.92. The van der Waals surface area contributed by atoms with Crippen LogP contribution in [-0.2, 0) is 0 Å². The van der Waals surface area contributed by atoms with E-state index in [2.05, 4.69) is 15.6 Å². The van der Waals surface area contributed by atoms with Crippen molar-refractivity contribution in [3.8, 4) is 11.8 Å². The Morgan fingerprint density at radius 1 is 1.09 bits per heavy atom. The number of carbonyl (C=O) groups excluding carboxylic acids is 1. The van der Waals surface area contributed by atoms with Gasteiger partial charge in [0.25, 0.3) is 11.5 Å². The summed E-state index contributed by atoms with van der Waals surface area (Å²) in [5.41, 5.74) is 4.14. The number of nitriles is 1. The minimum atomic E-state index is -0.614. The van der Waals surface area contributed by atoms with Crippen molar-refractivity contribution in [1.82, 2.24) is 15.2 Å². The van der Waals surface area contributed by atoms with E-state index < -0.39 is 11.5 Å². The van der Waals surface area contributed by atoms with Gasteiger partial charge in [-0.1, -0.05) is 54.6 Å². The van der Waals surface area contributed by atoms with E-state index >= 15 is 0 Å². The number of aryl methyl sites for hydroxylation is 1. The number of amides is 1. The number of fused-ring (bicyclic) bond motifs is 1. The minimum absolute atomic E-state index is 0.0438. The van der Waals surface area contributed by atoms with Crippen molar-refractivity contribution in [3.05, 3.63) is 105 Å². The Morgan fingerprint density at radius 3 is 2.62 bits per heavy atom. The molecule has 156 valence electrons. The number of rotatable bonds is 4. The summed E-state index contributed by atoms with van der Waals surface area (Å²) in [6.45, 7) is 3.40. The van der Waals surface area contributed by atoms with Gasteiger partial charge in [-0.2, -0.15) is 20.1 Å². The maximum atomic E-state index is 12.8. The Kier molecular flexibility index (Phi) is 5.60. The van der Waals surface area contributed by atoms with Crippen LogP contribution in [0.3, 0.4) is 0 Å². The van der Waals surface area contributed by atoms with Gasteiger partial charge < -0.3 is 0 Å². The van der Waals surface area contributed by atoms with Crippen LogP contribution in [0.25, 0.3) is 16.5 Å². The van der Waals surface area contributed by atoms with Crippen molar-refractivity contribution < 1.29 is 4.79 Å². The second-order valence-electron chi connectivity index (χ2n) is 7.28. The molecule has 1 aromatic heterocycles. The quantitative estimate of drug-likeness (QED) is 0.402. The van der Waals surface area contributed by atoms with Crippen molar-refractivity contribution in [2.45, 2.75) is 13.8 Å². The van der Waals surface area contributed by atoms with Crippen molar-refractivity contribution in [1.29, 1.82) is 5.26 Å². The van der Waals surface area contributed by atoms with E-state index in [9.17, 15) is 14.9 Å². The van der Waals surface area contributed by atoms with Crippen molar-refractivity contribution in [2.24, 2.45) is 5.10 Å². The molecule has 0 aliphatic carbocycles. The number of nitrogens with one attached hydrogen (secondary N) is 1. The van der Waals surface area contributed by atoms with Crippen LogP contribution in [0.15, 0.2) is 76.6 Å². The van der Waals surface area contributed by atoms with Crippen LogP contribution < -0.4 is 11.0 Å². The van der Waals surface area contributed by atoms with Gasteiger partial charge in [0.1, 0.15) is 11.6 Å². The molecule has 4 aromatic rings. The molecule has 4 rings (SSSR count). The highest BCUT2D eigenvalue weighted by Crippen LogP contribution is 2.17. The van der Waals surface area contributed by atoms with Crippen molar-refractivity contribution >= 4 is 22.9 Å². The third-order valence-corrected chi connectivity index (χ3v) is 5.10. The van der Waals surface area contributed by atoms with Gasteiger partial charge in [-0.15, -0.1) is 0 Å². The monoisotopic (exact) mass is 421 g/mol. The van der Waals surface area contributed by atoms with E-state index in [0.29, 0.717) is 5.69 Å². The Labute approximate surface area is 184 Å². The summed E-state index contributed by atoms with van der Waals surface area (Å²) in [6, 6.07) is 22.7. The van der Waals surface area contributed by atoms with E-state index in [4.69, 9.17) is 0 Å². The third kappa shape index (κ3) is 3.89. The molecule has 32 heavy (non-hydrogen) atoms. The predicted molar refractivity (Wildman–Crippen MR) is 123 cm³/mol. The standard InChI is InChI=1S/C25H19N5O2/c1-16-7-5-11-20(13-16)30-25(32)22(14-26)17(2)23(29-30)24(31)28-27-15-19-10-6-9-18-8-3-4-12-21(18)19/h3-13,15H,1-2H3,(H,28,31)/b27-15+. The maximum absolute atomic E-state index is 12.8.